The summed E-state index contributed by atoms with van der Waals surface area (Å²) in [4.78, 5) is 13.2. The van der Waals surface area contributed by atoms with Gasteiger partial charge in [0.05, 0.1) is 15.7 Å². The molecule has 1 N–H and O–H groups in total. The number of nitrogens with zero attached hydrogens (tertiary/aromatic N) is 2. The third-order valence-electron chi connectivity index (χ3n) is 6.47. The molecule has 0 aliphatic carbocycles. The van der Waals surface area contributed by atoms with E-state index in [9.17, 15) is 21.6 Å². The minimum atomic E-state index is -3.61. The van der Waals surface area contributed by atoms with E-state index in [-0.39, 0.29) is 23.3 Å². The van der Waals surface area contributed by atoms with Crippen molar-refractivity contribution in [3.63, 3.8) is 0 Å². The topological polar surface area (TPSA) is 104 Å². The molecular formula is C24H31N3O5S2. The minimum Gasteiger partial charge on any atom is -0.355 e. The van der Waals surface area contributed by atoms with Crippen LogP contribution in [0.15, 0.2) is 64.4 Å². The zero-order valence-corrected chi connectivity index (χ0v) is 20.7. The van der Waals surface area contributed by atoms with E-state index in [2.05, 4.69) is 5.32 Å². The summed E-state index contributed by atoms with van der Waals surface area (Å²) < 4.78 is 54.0. The zero-order chi connectivity index (χ0) is 24.2. The van der Waals surface area contributed by atoms with E-state index in [1.807, 2.05) is 0 Å². The molecule has 2 heterocycles. The van der Waals surface area contributed by atoms with Crippen molar-refractivity contribution < 1.29 is 21.6 Å². The summed E-state index contributed by atoms with van der Waals surface area (Å²) in [6.45, 7) is 2.13. The average molecular weight is 506 g/mol. The summed E-state index contributed by atoms with van der Waals surface area (Å²) in [6, 6.07) is 15.1. The van der Waals surface area contributed by atoms with Gasteiger partial charge in [-0.3, -0.25) is 4.79 Å². The summed E-state index contributed by atoms with van der Waals surface area (Å²) in [5, 5.41) is 2.92. The van der Waals surface area contributed by atoms with Gasteiger partial charge in [-0.2, -0.15) is 8.61 Å². The molecule has 0 unspecified atom stereocenters. The van der Waals surface area contributed by atoms with E-state index in [0.717, 1.165) is 18.4 Å². The molecule has 0 radical (unpaired) electrons. The first-order chi connectivity index (χ1) is 16.3. The maximum Gasteiger partial charge on any atom is 0.243 e. The van der Waals surface area contributed by atoms with Gasteiger partial charge in [-0.25, -0.2) is 16.8 Å². The number of rotatable bonds is 8. The summed E-state index contributed by atoms with van der Waals surface area (Å²) in [5.74, 6) is -0.540. The van der Waals surface area contributed by atoms with Crippen LogP contribution in [-0.4, -0.2) is 64.1 Å². The molecule has 0 saturated carbocycles. The number of benzene rings is 2. The van der Waals surface area contributed by atoms with Crippen molar-refractivity contribution in [3.8, 4) is 0 Å². The highest BCUT2D eigenvalue weighted by molar-refractivity contribution is 7.89. The van der Waals surface area contributed by atoms with Crippen LogP contribution in [0.4, 0.5) is 0 Å². The molecule has 1 amide bonds. The number of amides is 1. The minimum absolute atomic E-state index is 0.152. The van der Waals surface area contributed by atoms with E-state index in [0.29, 0.717) is 50.3 Å². The third-order valence-corrected chi connectivity index (χ3v) is 10.3. The third kappa shape index (κ3) is 5.51. The lowest BCUT2D eigenvalue weighted by atomic mass is 9.99. The Morgan fingerprint density at radius 3 is 2.06 bits per heavy atom. The molecule has 2 aromatic rings. The number of carbonyl (C=O) groups is 1. The second-order valence-electron chi connectivity index (χ2n) is 8.81. The highest BCUT2D eigenvalue weighted by atomic mass is 32.2. The molecular weight excluding hydrogens is 474 g/mol. The summed E-state index contributed by atoms with van der Waals surface area (Å²) in [6.07, 6.45) is 3.64. The van der Waals surface area contributed by atoms with Crippen LogP contribution in [0.2, 0.25) is 0 Å². The fourth-order valence-corrected chi connectivity index (χ4v) is 7.56. The van der Waals surface area contributed by atoms with Gasteiger partial charge in [0, 0.05) is 32.7 Å². The molecule has 1 atom stereocenters. The second-order valence-corrected chi connectivity index (χ2v) is 12.7. The van der Waals surface area contributed by atoms with E-state index >= 15 is 0 Å². The normalized spacial score (nSPS) is 20.3. The van der Waals surface area contributed by atoms with E-state index in [1.165, 1.54) is 8.61 Å². The van der Waals surface area contributed by atoms with Crippen LogP contribution in [0, 0.1) is 5.92 Å². The lowest BCUT2D eigenvalue weighted by Gasteiger charge is -2.31. The summed E-state index contributed by atoms with van der Waals surface area (Å²) >= 11 is 0. The molecule has 8 nitrogen and oxygen atoms in total. The highest BCUT2D eigenvalue weighted by Gasteiger charge is 2.33. The van der Waals surface area contributed by atoms with Crippen molar-refractivity contribution in [3.05, 3.63) is 60.2 Å². The first-order valence-corrected chi connectivity index (χ1v) is 14.6. The van der Waals surface area contributed by atoms with Gasteiger partial charge in [-0.1, -0.05) is 30.3 Å². The molecule has 2 saturated heterocycles. The molecule has 10 heteroatoms. The Morgan fingerprint density at radius 2 is 1.38 bits per heavy atom. The van der Waals surface area contributed by atoms with Gasteiger partial charge >= 0.3 is 0 Å². The molecule has 2 aromatic carbocycles. The number of carbonyl (C=O) groups excluding carboxylic acids is 1. The van der Waals surface area contributed by atoms with E-state index in [1.54, 1.807) is 54.6 Å². The Kier molecular flexibility index (Phi) is 7.71. The van der Waals surface area contributed by atoms with Crippen molar-refractivity contribution >= 4 is 26.0 Å². The quantitative estimate of drug-likeness (QED) is 0.593. The molecule has 0 aromatic heterocycles. The summed E-state index contributed by atoms with van der Waals surface area (Å²) in [5.41, 5.74) is 0.928. The predicted octanol–water partition coefficient (Wildman–Crippen LogP) is 2.23. The van der Waals surface area contributed by atoms with Gasteiger partial charge < -0.3 is 5.32 Å². The molecule has 184 valence electrons. The zero-order valence-electron chi connectivity index (χ0n) is 19.1. The van der Waals surface area contributed by atoms with Crippen LogP contribution in [0.1, 0.15) is 31.2 Å². The average Bonchev–Trinajstić information content (AvgIpc) is 3.41. The molecule has 2 aliphatic heterocycles. The SMILES string of the molecule is O=C(NCCc1ccc(S(=O)(=O)N2CCCC2)cc1)[C@H]1CCCN(S(=O)(=O)c2ccccc2)C1. The fourth-order valence-electron chi connectivity index (χ4n) is 4.50. The van der Waals surface area contributed by atoms with Gasteiger partial charge in [0.1, 0.15) is 0 Å². The van der Waals surface area contributed by atoms with Gasteiger partial charge in [-0.15, -0.1) is 0 Å². The number of piperidine rings is 1. The van der Waals surface area contributed by atoms with Gasteiger partial charge in [0.25, 0.3) is 0 Å². The molecule has 2 aliphatic rings. The number of hydrogen-bond donors (Lipinski definition) is 1. The smallest absolute Gasteiger partial charge is 0.243 e. The first kappa shape index (κ1) is 24.8. The van der Waals surface area contributed by atoms with Crippen molar-refractivity contribution in [2.45, 2.75) is 41.9 Å². The molecule has 34 heavy (non-hydrogen) atoms. The van der Waals surface area contributed by atoms with Crippen LogP contribution in [0.3, 0.4) is 0 Å². The molecule has 0 spiro atoms. The van der Waals surface area contributed by atoms with Crippen LogP contribution < -0.4 is 5.32 Å². The standard InChI is InChI=1S/C24H31N3O5S2/c28-24(21-7-6-18-27(19-21)34(31,32)22-8-2-1-3-9-22)25-15-14-20-10-12-23(13-11-20)33(29,30)26-16-4-5-17-26/h1-3,8-13,21H,4-7,14-19H2,(H,25,28)/t21-/m0/s1. The van der Waals surface area contributed by atoms with Gasteiger partial charge in [0.15, 0.2) is 0 Å². The molecule has 0 bridgehead atoms. The largest absolute Gasteiger partial charge is 0.355 e. The number of hydrogen-bond acceptors (Lipinski definition) is 5. The van der Waals surface area contributed by atoms with Gasteiger partial charge in [-0.05, 0) is 61.9 Å². The van der Waals surface area contributed by atoms with Crippen molar-refractivity contribution in [1.82, 2.24) is 13.9 Å². The Balaban J connectivity index is 1.29. The number of sulfonamides is 2. The Hall–Kier alpha value is -2.27. The van der Waals surface area contributed by atoms with E-state index < -0.39 is 20.0 Å². The maximum absolute atomic E-state index is 12.9. The Morgan fingerprint density at radius 1 is 0.794 bits per heavy atom. The maximum atomic E-state index is 12.9. The molecule has 2 fully saturated rings. The van der Waals surface area contributed by atoms with Crippen molar-refractivity contribution in [2.24, 2.45) is 5.92 Å². The van der Waals surface area contributed by atoms with Gasteiger partial charge in [0.2, 0.25) is 26.0 Å². The van der Waals surface area contributed by atoms with Crippen molar-refractivity contribution in [1.29, 1.82) is 0 Å². The monoisotopic (exact) mass is 505 g/mol. The van der Waals surface area contributed by atoms with E-state index in [4.69, 9.17) is 0 Å². The lowest BCUT2D eigenvalue weighted by molar-refractivity contribution is -0.126. The Bertz CT molecular complexity index is 1190. The first-order valence-electron chi connectivity index (χ1n) is 11.7. The number of nitrogens with one attached hydrogen (secondary N) is 1. The Labute approximate surface area is 202 Å². The van der Waals surface area contributed by atoms with Crippen LogP contribution in [-0.2, 0) is 31.3 Å². The highest BCUT2D eigenvalue weighted by Crippen LogP contribution is 2.24. The van der Waals surface area contributed by atoms with Crippen molar-refractivity contribution in [2.75, 3.05) is 32.7 Å². The van der Waals surface area contributed by atoms with Crippen LogP contribution >= 0.6 is 0 Å². The van der Waals surface area contributed by atoms with Crippen LogP contribution in [0.5, 0.6) is 0 Å². The molecule has 4 rings (SSSR count). The lowest BCUT2D eigenvalue weighted by Crippen LogP contribution is -2.45. The second kappa shape index (κ2) is 10.6. The van der Waals surface area contributed by atoms with Crippen LogP contribution in [0.25, 0.3) is 0 Å². The predicted molar refractivity (Wildman–Crippen MR) is 129 cm³/mol. The fraction of sp³-hybridized carbons (Fsp3) is 0.458. The summed E-state index contributed by atoms with van der Waals surface area (Å²) in [7, 11) is -7.05.